The Morgan fingerprint density at radius 3 is 2.52 bits per heavy atom. The number of aliphatic hydroxyl groups excluding tert-OH is 1. The van der Waals surface area contributed by atoms with Crippen LogP contribution in [0.4, 0.5) is 5.69 Å². The maximum atomic E-state index is 12.4. The van der Waals surface area contributed by atoms with Gasteiger partial charge in [-0.3, -0.25) is 0 Å². The number of carbonyl (C=O) groups is 1. The Morgan fingerprint density at radius 2 is 1.89 bits per heavy atom. The number of aliphatic imine (C=N–C) groups is 1. The monoisotopic (exact) mass is 397 g/mol. The van der Waals surface area contributed by atoms with Gasteiger partial charge in [-0.05, 0) is 49.1 Å². The molecule has 1 heterocycles. The smallest absolute Gasteiger partial charge is 0.344 e. The molecule has 2 aromatic rings. The summed E-state index contributed by atoms with van der Waals surface area (Å²) in [6.45, 7) is 1.96. The first-order valence-electron chi connectivity index (χ1n) is 8.40. The molecule has 0 amide bonds. The molecule has 1 aliphatic heterocycles. The normalized spacial score (nSPS) is 17.0. The van der Waals surface area contributed by atoms with E-state index in [4.69, 9.17) is 4.74 Å². The summed E-state index contributed by atoms with van der Waals surface area (Å²) in [5.41, 5.74) is 1.75. The molecule has 0 spiro atoms. The summed E-state index contributed by atoms with van der Waals surface area (Å²) in [7, 11) is 0. The van der Waals surface area contributed by atoms with Gasteiger partial charge in [-0.1, -0.05) is 42.1 Å². The van der Waals surface area contributed by atoms with Crippen molar-refractivity contribution in [1.82, 2.24) is 0 Å². The lowest BCUT2D eigenvalue weighted by atomic mass is 10.1. The van der Waals surface area contributed by atoms with Crippen LogP contribution in [0.25, 0.3) is 6.08 Å². The average molecular weight is 398 g/mol. The topological polar surface area (TPSA) is 58.9 Å². The lowest BCUT2D eigenvalue weighted by Crippen LogP contribution is -2.12. The molecule has 1 N–H and O–H groups in total. The summed E-state index contributed by atoms with van der Waals surface area (Å²) in [6.07, 6.45) is 3.86. The fourth-order valence-corrected chi connectivity index (χ4v) is 3.91. The Morgan fingerprint density at radius 1 is 1.19 bits per heavy atom. The van der Waals surface area contributed by atoms with Gasteiger partial charge in [0.1, 0.15) is 16.4 Å². The van der Waals surface area contributed by atoms with E-state index in [1.54, 1.807) is 18.7 Å². The SMILES string of the molecule is CCOC(=O)C1=C(O)/C(=C\c2ccc(SC)cc2)SC1=Nc1ccccc1. The number of thioether (sulfide) groups is 2. The van der Waals surface area contributed by atoms with E-state index in [1.165, 1.54) is 11.8 Å². The van der Waals surface area contributed by atoms with Crippen LogP contribution in [0.2, 0.25) is 0 Å². The van der Waals surface area contributed by atoms with Crippen LogP contribution < -0.4 is 0 Å². The lowest BCUT2D eigenvalue weighted by molar-refractivity contribution is -0.138. The zero-order valence-corrected chi connectivity index (χ0v) is 16.6. The predicted octanol–water partition coefficient (Wildman–Crippen LogP) is 5.60. The first-order chi connectivity index (χ1) is 13.1. The van der Waals surface area contributed by atoms with Gasteiger partial charge < -0.3 is 9.84 Å². The molecule has 4 nitrogen and oxygen atoms in total. The molecule has 0 saturated carbocycles. The number of hydrogen-bond donors (Lipinski definition) is 1. The van der Waals surface area contributed by atoms with E-state index in [2.05, 4.69) is 4.99 Å². The van der Waals surface area contributed by atoms with E-state index in [1.807, 2.05) is 66.9 Å². The van der Waals surface area contributed by atoms with Gasteiger partial charge in [0.2, 0.25) is 0 Å². The summed E-state index contributed by atoms with van der Waals surface area (Å²) in [4.78, 5) is 18.6. The molecule has 2 aromatic carbocycles. The molecule has 0 aliphatic carbocycles. The zero-order valence-electron chi connectivity index (χ0n) is 15.0. The minimum Gasteiger partial charge on any atom is -0.506 e. The molecule has 3 rings (SSSR count). The summed E-state index contributed by atoms with van der Waals surface area (Å²) in [5.74, 6) is -0.666. The van der Waals surface area contributed by atoms with Crippen LogP contribution in [0.3, 0.4) is 0 Å². The fraction of sp³-hybridized carbons (Fsp3) is 0.143. The van der Waals surface area contributed by atoms with E-state index in [0.29, 0.717) is 15.6 Å². The Hall–Kier alpha value is -2.44. The van der Waals surface area contributed by atoms with Crippen LogP contribution in [-0.4, -0.2) is 29.0 Å². The molecule has 0 saturated heterocycles. The number of hydrogen-bond acceptors (Lipinski definition) is 6. The molecule has 0 unspecified atom stereocenters. The number of esters is 1. The summed E-state index contributed by atoms with van der Waals surface area (Å²) in [6, 6.07) is 17.3. The molecule has 1 aliphatic rings. The number of para-hydroxylation sites is 1. The second-order valence-corrected chi connectivity index (χ2v) is 7.49. The lowest BCUT2D eigenvalue weighted by Gasteiger charge is -2.03. The number of benzene rings is 2. The van der Waals surface area contributed by atoms with E-state index in [0.717, 1.165) is 10.5 Å². The molecule has 0 aromatic heterocycles. The standard InChI is InChI=1S/C21H19NO3S2/c1-3-25-21(24)18-19(23)17(13-14-9-11-16(26-2)12-10-14)27-20(18)22-15-7-5-4-6-8-15/h4-13,23H,3H2,1-2H3/b17-13+,22-20?. The molecular formula is C21H19NO3S2. The number of carbonyl (C=O) groups excluding carboxylic acids is 1. The third-order valence-corrected chi connectivity index (χ3v) is 5.53. The number of aliphatic hydroxyl groups is 1. The van der Waals surface area contributed by atoms with Gasteiger partial charge >= 0.3 is 5.97 Å². The van der Waals surface area contributed by atoms with E-state index in [9.17, 15) is 9.90 Å². The van der Waals surface area contributed by atoms with E-state index < -0.39 is 5.97 Å². The van der Waals surface area contributed by atoms with Crippen molar-refractivity contribution in [3.63, 3.8) is 0 Å². The quantitative estimate of drug-likeness (QED) is 0.525. The molecule has 0 fully saturated rings. The first-order valence-corrected chi connectivity index (χ1v) is 10.4. The van der Waals surface area contributed by atoms with Gasteiger partial charge in [-0.15, -0.1) is 11.8 Å². The van der Waals surface area contributed by atoms with Crippen molar-refractivity contribution < 1.29 is 14.6 Å². The van der Waals surface area contributed by atoms with Gasteiger partial charge in [0.15, 0.2) is 0 Å². The maximum absolute atomic E-state index is 12.4. The Bertz CT molecular complexity index is 916. The van der Waals surface area contributed by atoms with Crippen molar-refractivity contribution in [1.29, 1.82) is 0 Å². The number of rotatable bonds is 5. The van der Waals surface area contributed by atoms with Crippen LogP contribution >= 0.6 is 23.5 Å². The van der Waals surface area contributed by atoms with Crippen molar-refractivity contribution in [3.05, 3.63) is 76.4 Å². The van der Waals surface area contributed by atoms with Crippen LogP contribution in [0.5, 0.6) is 0 Å². The maximum Gasteiger partial charge on any atom is 0.344 e. The van der Waals surface area contributed by atoms with Gasteiger partial charge in [0.25, 0.3) is 0 Å². The van der Waals surface area contributed by atoms with Crippen LogP contribution in [0, 0.1) is 0 Å². The third kappa shape index (κ3) is 4.64. The van der Waals surface area contributed by atoms with Crippen molar-refractivity contribution in [2.45, 2.75) is 11.8 Å². The molecule has 27 heavy (non-hydrogen) atoms. The van der Waals surface area contributed by atoms with Gasteiger partial charge in [-0.2, -0.15) is 0 Å². The largest absolute Gasteiger partial charge is 0.506 e. The molecule has 138 valence electrons. The van der Waals surface area contributed by atoms with Crippen molar-refractivity contribution in [2.75, 3.05) is 12.9 Å². The van der Waals surface area contributed by atoms with Crippen LogP contribution in [-0.2, 0) is 9.53 Å². The van der Waals surface area contributed by atoms with Gasteiger partial charge in [0.05, 0.1) is 17.2 Å². The molecular weight excluding hydrogens is 378 g/mol. The third-order valence-electron chi connectivity index (χ3n) is 3.77. The highest BCUT2D eigenvalue weighted by atomic mass is 32.2. The second kappa shape index (κ2) is 8.97. The number of nitrogens with zero attached hydrogens (tertiary/aromatic N) is 1. The van der Waals surface area contributed by atoms with E-state index in [-0.39, 0.29) is 17.9 Å². The first kappa shape index (κ1) is 19.3. The number of ether oxygens (including phenoxy) is 1. The average Bonchev–Trinajstić information content (AvgIpc) is 2.98. The predicted molar refractivity (Wildman–Crippen MR) is 114 cm³/mol. The summed E-state index contributed by atoms with van der Waals surface area (Å²) < 4.78 is 5.11. The Kier molecular flexibility index (Phi) is 6.42. The Balaban J connectivity index is 2.00. The highest BCUT2D eigenvalue weighted by Gasteiger charge is 2.33. The van der Waals surface area contributed by atoms with Crippen molar-refractivity contribution >= 4 is 46.3 Å². The highest BCUT2D eigenvalue weighted by molar-refractivity contribution is 8.18. The summed E-state index contributed by atoms with van der Waals surface area (Å²) in [5, 5.41) is 11.1. The van der Waals surface area contributed by atoms with Gasteiger partial charge in [0, 0.05) is 4.90 Å². The molecule has 0 bridgehead atoms. The van der Waals surface area contributed by atoms with Crippen LogP contribution in [0.15, 0.2) is 80.7 Å². The minimum absolute atomic E-state index is 0.0953. The van der Waals surface area contributed by atoms with E-state index >= 15 is 0 Å². The zero-order chi connectivity index (χ0) is 19.2. The van der Waals surface area contributed by atoms with Crippen molar-refractivity contribution in [2.24, 2.45) is 4.99 Å². The molecule has 0 radical (unpaired) electrons. The van der Waals surface area contributed by atoms with Gasteiger partial charge in [-0.25, -0.2) is 9.79 Å². The highest BCUT2D eigenvalue weighted by Crippen LogP contribution is 2.40. The molecule has 0 atom stereocenters. The van der Waals surface area contributed by atoms with Crippen LogP contribution in [0.1, 0.15) is 12.5 Å². The van der Waals surface area contributed by atoms with Crippen molar-refractivity contribution in [3.8, 4) is 0 Å². The summed E-state index contributed by atoms with van der Waals surface area (Å²) >= 11 is 2.93. The minimum atomic E-state index is -0.571. The fourth-order valence-electron chi connectivity index (χ4n) is 2.46. The second-order valence-electron chi connectivity index (χ2n) is 5.58. The molecule has 6 heteroatoms. The Labute approximate surface area is 167 Å².